The summed E-state index contributed by atoms with van der Waals surface area (Å²) in [6.45, 7) is 17.0. The first-order valence-electron chi connectivity index (χ1n) is 26.0. The lowest BCUT2D eigenvalue weighted by molar-refractivity contribution is -0.388. The Morgan fingerprint density at radius 3 is 1.59 bits per heavy atom. The number of aromatic nitrogens is 3. The SMILES string of the molecule is C=C(C)c1cccc(F)c1[N+](=O)[O-].CC(C)c1cccc(F)c1N.CC(C)c1cccc(F)c1NC(=S)N/N=C/c1ccc(-c2ncn(-c3ccc(OC(F)(F)F)cc3)n2)cc1.CC(C)c1cccc(F)c1NC(=S)NN.O=[N+]([O-])c1c(F)cccc1Br. The highest BCUT2D eigenvalue weighted by Crippen LogP contribution is 2.31. The number of hydrazone groups is 1. The topological polar surface area (TPSA) is 239 Å². The average Bonchev–Trinajstić information content (AvgIpc) is 4.17. The number of nitrogen functional groups attached to an aromatic ring is 1. The number of allylic oxidation sites excluding steroid dienone is 1. The number of anilines is 3. The fourth-order valence-corrected chi connectivity index (χ4v) is 8.31. The van der Waals surface area contributed by atoms with Crippen molar-refractivity contribution in [2.75, 3.05) is 16.4 Å². The summed E-state index contributed by atoms with van der Waals surface area (Å²) in [5.74, 6) is 3.12. The number of ether oxygens (including phenoxy) is 1. The molecule has 464 valence electrons. The molecule has 1 aromatic heterocycles. The van der Waals surface area contributed by atoms with Gasteiger partial charge < -0.3 is 26.5 Å². The predicted molar refractivity (Wildman–Crippen MR) is 338 cm³/mol. The Balaban J connectivity index is 0.000000270. The molecule has 0 amide bonds. The molecule has 0 fully saturated rings. The van der Waals surface area contributed by atoms with Crippen LogP contribution in [0.25, 0.3) is 22.6 Å². The zero-order valence-electron chi connectivity index (χ0n) is 48.0. The van der Waals surface area contributed by atoms with E-state index in [1.807, 2.05) is 59.7 Å². The summed E-state index contributed by atoms with van der Waals surface area (Å²) in [6, 6.07) is 35.0. The Morgan fingerprint density at radius 2 is 1.15 bits per heavy atom. The second-order valence-corrected chi connectivity index (χ2v) is 20.9. The molecule has 0 atom stereocenters. The fourth-order valence-electron chi connectivity index (χ4n) is 7.57. The third kappa shape index (κ3) is 21.6. The number of rotatable bonds is 13. The molecule has 0 bridgehead atoms. The number of nitrogens with zero attached hydrogens (tertiary/aromatic N) is 6. The van der Waals surface area contributed by atoms with Crippen molar-refractivity contribution in [1.29, 1.82) is 0 Å². The van der Waals surface area contributed by atoms with Crippen molar-refractivity contribution < 1.29 is 49.7 Å². The van der Waals surface area contributed by atoms with Crippen molar-refractivity contribution in [2.45, 2.75) is 72.6 Å². The van der Waals surface area contributed by atoms with Gasteiger partial charge in [0.05, 0.1) is 48.8 Å². The first-order chi connectivity index (χ1) is 41.4. The molecule has 0 spiro atoms. The van der Waals surface area contributed by atoms with E-state index in [4.69, 9.17) is 36.0 Å². The smallest absolute Gasteiger partial charge is 0.406 e. The quantitative estimate of drug-likeness (QED) is 0.0120. The van der Waals surface area contributed by atoms with Gasteiger partial charge in [-0.05, 0) is 160 Å². The Bertz CT molecular complexity index is 3720. The number of benzene rings is 7. The molecule has 0 saturated heterocycles. The van der Waals surface area contributed by atoms with Crippen molar-refractivity contribution in [2.24, 2.45) is 10.9 Å². The third-order valence-electron chi connectivity index (χ3n) is 11.8. The second-order valence-electron chi connectivity index (χ2n) is 19.2. The Labute approximate surface area is 520 Å². The molecule has 0 saturated carbocycles. The van der Waals surface area contributed by atoms with Crippen LogP contribution in [0.2, 0.25) is 0 Å². The normalized spacial score (nSPS) is 10.7. The number of nitro benzene ring substituents is 2. The Morgan fingerprint density at radius 1 is 0.682 bits per heavy atom. The summed E-state index contributed by atoms with van der Waals surface area (Å²) >= 11 is 12.9. The monoisotopic (exact) mass is 1320 g/mol. The summed E-state index contributed by atoms with van der Waals surface area (Å²) in [7, 11) is 0. The van der Waals surface area contributed by atoms with Crippen LogP contribution < -0.4 is 37.8 Å². The molecule has 8 N–H and O–H groups in total. The van der Waals surface area contributed by atoms with Gasteiger partial charge in [0.15, 0.2) is 16.0 Å². The van der Waals surface area contributed by atoms with Crippen LogP contribution in [-0.2, 0) is 0 Å². The number of hydrogen-bond donors (Lipinski definition) is 6. The summed E-state index contributed by atoms with van der Waals surface area (Å²) in [5.41, 5.74) is 15.7. The molecule has 0 aliphatic carbocycles. The van der Waals surface area contributed by atoms with E-state index >= 15 is 0 Å². The van der Waals surface area contributed by atoms with E-state index in [-0.39, 0.29) is 61.1 Å². The van der Waals surface area contributed by atoms with Crippen LogP contribution in [0.3, 0.4) is 0 Å². The standard InChI is InChI=1S/C26H22F4N6OS.C10H14FN3S.C9H8FNO2.C9H12FN.C6H3BrFNO2/c1-16(2)21-4-3-5-22(27)23(21)33-25(38)34-32-14-17-6-8-18(9-7-17)24-31-15-36(35-24)19-10-12-20(13-11-19)37-26(28,29)30;1-6(2)7-4-3-5-8(11)9(7)13-10(15)14-12;1-6(2)7-4-3-5-8(10)9(7)11(12)13;1-6(2)7-4-3-5-8(10)9(7)11;7-4-2-1-3-5(8)6(4)9(10)11/h3-16H,1-2H3,(H2,33,34,38);3-6H,12H2,1-2H3,(H2,13,14,15);3-5H,1H2,2H3;3-6H,11H2,1-2H3;1-3H/b32-14+;;;;. The zero-order valence-corrected chi connectivity index (χ0v) is 51.2. The zero-order chi connectivity index (χ0) is 65.6. The minimum absolute atomic E-state index is 0.109. The molecule has 88 heavy (non-hydrogen) atoms. The lowest BCUT2D eigenvalue weighted by Gasteiger charge is -2.15. The lowest BCUT2D eigenvalue weighted by atomic mass is 10.0. The first-order valence-corrected chi connectivity index (χ1v) is 27.6. The maximum Gasteiger partial charge on any atom is 0.573 e. The van der Waals surface area contributed by atoms with Gasteiger partial charge in [-0.25, -0.2) is 28.7 Å². The van der Waals surface area contributed by atoms with Gasteiger partial charge in [0.1, 0.15) is 29.5 Å². The number of para-hydroxylation sites is 5. The third-order valence-corrected chi connectivity index (χ3v) is 12.8. The molecule has 8 aromatic rings. The first kappa shape index (κ1) is 71.2. The molecule has 7 aromatic carbocycles. The number of hydrogen-bond acceptors (Lipinski definition) is 12. The van der Waals surface area contributed by atoms with E-state index in [0.717, 1.165) is 39.9 Å². The van der Waals surface area contributed by atoms with Crippen molar-refractivity contribution in [3.8, 4) is 22.8 Å². The van der Waals surface area contributed by atoms with E-state index in [1.54, 1.807) is 55.6 Å². The second kappa shape index (κ2) is 33.6. The summed E-state index contributed by atoms with van der Waals surface area (Å²) in [4.78, 5) is 23.4. The van der Waals surface area contributed by atoms with Gasteiger partial charge in [-0.3, -0.25) is 25.7 Å². The number of halogens is 9. The number of hydrazine groups is 1. The summed E-state index contributed by atoms with van der Waals surface area (Å²) in [6.07, 6.45) is -1.74. The number of nitrogens with one attached hydrogen (secondary N) is 4. The molecule has 17 nitrogen and oxygen atoms in total. The van der Waals surface area contributed by atoms with Crippen LogP contribution >= 0.6 is 40.4 Å². The van der Waals surface area contributed by atoms with Gasteiger partial charge in [0.2, 0.25) is 11.6 Å². The average molecular weight is 1320 g/mol. The van der Waals surface area contributed by atoms with Crippen molar-refractivity contribution in [3.63, 3.8) is 0 Å². The fraction of sp³-hybridized carbons (Fsp3) is 0.183. The van der Waals surface area contributed by atoms with E-state index in [1.165, 1.54) is 77.7 Å². The van der Waals surface area contributed by atoms with E-state index in [0.29, 0.717) is 28.5 Å². The molecule has 8 rings (SSSR count). The lowest BCUT2D eigenvalue weighted by Crippen LogP contribution is -2.34. The van der Waals surface area contributed by atoms with Gasteiger partial charge in [0.25, 0.3) is 0 Å². The maximum absolute atomic E-state index is 14.3. The molecule has 0 radical (unpaired) electrons. The Hall–Kier alpha value is -9.25. The largest absolute Gasteiger partial charge is 0.573 e. The van der Waals surface area contributed by atoms with Crippen LogP contribution in [0.15, 0.2) is 162 Å². The maximum atomic E-state index is 14.3. The van der Waals surface area contributed by atoms with E-state index < -0.39 is 45.0 Å². The van der Waals surface area contributed by atoms with Crippen LogP contribution in [0.5, 0.6) is 5.75 Å². The molecule has 1 heterocycles. The molecule has 0 aliphatic heterocycles. The highest BCUT2D eigenvalue weighted by atomic mass is 79.9. The van der Waals surface area contributed by atoms with Crippen molar-refractivity contribution in [3.05, 3.63) is 234 Å². The predicted octanol–water partition coefficient (Wildman–Crippen LogP) is 16.3. The minimum atomic E-state index is -4.75. The number of alkyl halides is 3. The Kier molecular flexibility index (Phi) is 27.2. The molecule has 28 heteroatoms. The highest BCUT2D eigenvalue weighted by molar-refractivity contribution is 9.10. The number of nitro groups is 2. The number of thiocarbonyl (C=S) groups is 2. The van der Waals surface area contributed by atoms with E-state index in [9.17, 15) is 55.4 Å². The minimum Gasteiger partial charge on any atom is -0.406 e. The van der Waals surface area contributed by atoms with Crippen molar-refractivity contribution in [1.82, 2.24) is 25.6 Å². The molecular formula is C60H59BrF8N12O5S2. The van der Waals surface area contributed by atoms with Gasteiger partial charge in [-0.1, -0.05) is 121 Å². The molecule has 0 aliphatic rings. The van der Waals surface area contributed by atoms with Gasteiger partial charge in [0, 0.05) is 5.56 Å². The van der Waals surface area contributed by atoms with Crippen LogP contribution in [0.4, 0.5) is 63.6 Å². The van der Waals surface area contributed by atoms with E-state index in [2.05, 4.69) is 63.9 Å². The van der Waals surface area contributed by atoms with Crippen LogP contribution in [-0.4, -0.2) is 47.4 Å². The highest BCUT2D eigenvalue weighted by Gasteiger charge is 2.31. The van der Waals surface area contributed by atoms with Gasteiger partial charge in [-0.2, -0.15) is 13.9 Å². The summed E-state index contributed by atoms with van der Waals surface area (Å²) < 4.78 is 109. The van der Waals surface area contributed by atoms with Crippen molar-refractivity contribution >= 4 is 90.8 Å². The molecular weight excluding hydrogens is 1260 g/mol. The molecule has 0 unspecified atom stereocenters. The van der Waals surface area contributed by atoms with Gasteiger partial charge in [-0.15, -0.1) is 18.3 Å². The van der Waals surface area contributed by atoms with Gasteiger partial charge >= 0.3 is 17.7 Å². The number of nitrogens with two attached hydrogens (primary N) is 2. The van der Waals surface area contributed by atoms with Crippen LogP contribution in [0.1, 0.15) is 94.0 Å². The van der Waals surface area contributed by atoms with Crippen LogP contribution in [0, 0.1) is 49.3 Å². The summed E-state index contributed by atoms with van der Waals surface area (Å²) in [5, 5.41) is 35.1.